The molecule has 37 heavy (non-hydrogen) atoms. The summed E-state index contributed by atoms with van der Waals surface area (Å²) in [7, 11) is 3.13. The molecule has 11 heteroatoms. The van der Waals surface area contributed by atoms with Gasteiger partial charge < -0.3 is 54.0 Å². The minimum absolute atomic E-state index is 0.0804. The SMILES string of the molecule is COc1ccc([C@@H]2O[C@H](O)[C@H]3[C@@H]2CO[C@H]3c2ccc(O[C@H]3O[C@H](CO)[C@@H](O)[C@H](O)[C@H]3O)cc2)cc1OC. The molecule has 0 spiro atoms. The fraction of sp³-hybridized carbons (Fsp3) is 0.538. The minimum atomic E-state index is -1.53. The fourth-order valence-electron chi connectivity index (χ4n) is 5.36. The molecule has 0 saturated carbocycles. The summed E-state index contributed by atoms with van der Waals surface area (Å²) in [5, 5.41) is 50.3. The van der Waals surface area contributed by atoms with Crippen molar-refractivity contribution >= 4 is 0 Å². The van der Waals surface area contributed by atoms with Gasteiger partial charge in [-0.25, -0.2) is 0 Å². The molecule has 0 radical (unpaired) electrons. The van der Waals surface area contributed by atoms with E-state index in [0.29, 0.717) is 23.9 Å². The van der Waals surface area contributed by atoms with Crippen LogP contribution in [-0.4, -0.2) is 90.0 Å². The van der Waals surface area contributed by atoms with Crippen LogP contribution in [0.4, 0.5) is 0 Å². The highest BCUT2D eigenvalue weighted by Gasteiger charge is 2.53. The topological polar surface area (TPSA) is 157 Å². The van der Waals surface area contributed by atoms with Crippen molar-refractivity contribution < 1.29 is 54.0 Å². The van der Waals surface area contributed by atoms with Crippen LogP contribution < -0.4 is 14.2 Å². The summed E-state index contributed by atoms with van der Waals surface area (Å²) in [6.07, 6.45) is -8.64. The molecule has 3 fully saturated rings. The molecule has 0 aliphatic carbocycles. The Balaban J connectivity index is 1.28. The van der Waals surface area contributed by atoms with Crippen molar-refractivity contribution in [3.8, 4) is 17.2 Å². The Labute approximate surface area is 213 Å². The highest BCUT2D eigenvalue weighted by atomic mass is 16.7. The van der Waals surface area contributed by atoms with Crippen molar-refractivity contribution in [3.63, 3.8) is 0 Å². The van der Waals surface area contributed by atoms with Gasteiger partial charge in [0.2, 0.25) is 6.29 Å². The molecule has 5 rings (SSSR count). The maximum atomic E-state index is 10.8. The fourth-order valence-corrected chi connectivity index (χ4v) is 5.36. The summed E-state index contributed by atoms with van der Waals surface area (Å²) in [6, 6.07) is 12.4. The average Bonchev–Trinajstić information content (AvgIpc) is 3.50. The number of aliphatic hydroxyl groups is 5. The molecule has 5 N–H and O–H groups in total. The van der Waals surface area contributed by atoms with Gasteiger partial charge in [-0.15, -0.1) is 0 Å². The van der Waals surface area contributed by atoms with E-state index in [-0.39, 0.29) is 17.9 Å². The van der Waals surface area contributed by atoms with Crippen LogP contribution in [0.25, 0.3) is 0 Å². The smallest absolute Gasteiger partial charge is 0.229 e. The molecule has 0 amide bonds. The molecule has 3 saturated heterocycles. The summed E-state index contributed by atoms with van der Waals surface area (Å²) in [5.74, 6) is 1.15. The van der Waals surface area contributed by atoms with Crippen LogP contribution >= 0.6 is 0 Å². The number of benzene rings is 2. The lowest BCUT2D eigenvalue weighted by Crippen LogP contribution is -2.60. The summed E-state index contributed by atoms with van der Waals surface area (Å²) in [4.78, 5) is 0. The Morgan fingerprint density at radius 1 is 0.811 bits per heavy atom. The van der Waals surface area contributed by atoms with Crippen LogP contribution in [-0.2, 0) is 14.2 Å². The summed E-state index contributed by atoms with van der Waals surface area (Å²) >= 11 is 0. The molecule has 3 aliphatic rings. The molecular formula is C26H32O11. The maximum Gasteiger partial charge on any atom is 0.229 e. The third-order valence-corrected chi connectivity index (χ3v) is 7.36. The Bertz CT molecular complexity index is 1060. The molecular weight excluding hydrogens is 488 g/mol. The second kappa shape index (κ2) is 10.7. The normalized spacial score (nSPS) is 37.3. The van der Waals surface area contributed by atoms with E-state index < -0.39 is 49.7 Å². The van der Waals surface area contributed by atoms with E-state index in [1.54, 1.807) is 44.6 Å². The monoisotopic (exact) mass is 520 g/mol. The van der Waals surface area contributed by atoms with Crippen LogP contribution in [0.2, 0.25) is 0 Å². The molecule has 2 aromatic rings. The van der Waals surface area contributed by atoms with E-state index in [4.69, 9.17) is 28.4 Å². The number of ether oxygens (including phenoxy) is 6. The minimum Gasteiger partial charge on any atom is -0.493 e. The first kappa shape index (κ1) is 26.1. The molecule has 2 aromatic carbocycles. The van der Waals surface area contributed by atoms with Gasteiger partial charge in [0, 0.05) is 11.8 Å². The predicted octanol–water partition coefficient (Wildman–Crippen LogP) is 0.276. The zero-order valence-corrected chi connectivity index (χ0v) is 20.4. The molecule has 0 unspecified atom stereocenters. The number of rotatable bonds is 7. The molecule has 0 bridgehead atoms. The van der Waals surface area contributed by atoms with E-state index in [2.05, 4.69) is 0 Å². The first-order valence-corrected chi connectivity index (χ1v) is 12.1. The van der Waals surface area contributed by atoms with Crippen molar-refractivity contribution in [3.05, 3.63) is 53.6 Å². The lowest BCUT2D eigenvalue weighted by atomic mass is 9.84. The third-order valence-electron chi connectivity index (χ3n) is 7.36. The number of aliphatic hydroxyl groups excluding tert-OH is 5. The molecule has 10 atom stereocenters. The average molecular weight is 521 g/mol. The van der Waals surface area contributed by atoms with Gasteiger partial charge >= 0.3 is 0 Å². The van der Waals surface area contributed by atoms with E-state index in [1.165, 1.54) is 0 Å². The number of fused-ring (bicyclic) bond motifs is 1. The van der Waals surface area contributed by atoms with Gasteiger partial charge in [-0.2, -0.15) is 0 Å². The lowest BCUT2D eigenvalue weighted by Gasteiger charge is -2.39. The summed E-state index contributed by atoms with van der Waals surface area (Å²) < 4.78 is 33.9. The van der Waals surface area contributed by atoms with E-state index in [1.807, 2.05) is 12.1 Å². The van der Waals surface area contributed by atoms with Crippen LogP contribution in [0, 0.1) is 11.8 Å². The van der Waals surface area contributed by atoms with E-state index >= 15 is 0 Å². The standard InChI is InChI=1S/C26H32O11/c1-32-16-8-5-13(9-17(16)33-2)23-15-11-34-24(19(15)25(31)37-23)12-3-6-14(7-4-12)35-26-22(30)21(29)20(28)18(10-27)36-26/h3-9,15,18-31H,10-11H2,1-2H3/t15-,18+,19-,20+,21-,22+,23-,24-,25-,26-/m0/s1. The third kappa shape index (κ3) is 4.77. The van der Waals surface area contributed by atoms with Gasteiger partial charge in [-0.1, -0.05) is 18.2 Å². The first-order chi connectivity index (χ1) is 17.9. The van der Waals surface area contributed by atoms with E-state index in [0.717, 1.165) is 11.1 Å². The zero-order valence-electron chi connectivity index (χ0n) is 20.4. The van der Waals surface area contributed by atoms with Gasteiger partial charge in [0.15, 0.2) is 17.8 Å². The first-order valence-electron chi connectivity index (χ1n) is 12.1. The Hall–Kier alpha value is -2.48. The van der Waals surface area contributed by atoms with Gasteiger partial charge in [0.25, 0.3) is 0 Å². The molecule has 202 valence electrons. The highest BCUT2D eigenvalue weighted by Crippen LogP contribution is 2.53. The molecule has 11 nitrogen and oxygen atoms in total. The van der Waals surface area contributed by atoms with Crippen LogP contribution in [0.3, 0.4) is 0 Å². The van der Waals surface area contributed by atoms with Gasteiger partial charge in [0.05, 0.1) is 39.6 Å². The summed E-state index contributed by atoms with van der Waals surface area (Å²) in [5.41, 5.74) is 1.67. The van der Waals surface area contributed by atoms with Crippen molar-refractivity contribution in [2.75, 3.05) is 27.4 Å². The van der Waals surface area contributed by atoms with Crippen molar-refractivity contribution in [1.29, 1.82) is 0 Å². The van der Waals surface area contributed by atoms with Crippen LogP contribution in [0.15, 0.2) is 42.5 Å². The second-order valence-electron chi connectivity index (χ2n) is 9.44. The Morgan fingerprint density at radius 3 is 2.19 bits per heavy atom. The highest BCUT2D eigenvalue weighted by molar-refractivity contribution is 5.44. The Kier molecular flexibility index (Phi) is 7.57. The molecule has 0 aromatic heterocycles. The zero-order chi connectivity index (χ0) is 26.3. The van der Waals surface area contributed by atoms with Crippen molar-refractivity contribution in [2.45, 2.75) is 49.2 Å². The van der Waals surface area contributed by atoms with Gasteiger partial charge in [0.1, 0.15) is 30.2 Å². The van der Waals surface area contributed by atoms with Crippen LogP contribution in [0.1, 0.15) is 23.3 Å². The quantitative estimate of drug-likeness (QED) is 0.342. The number of methoxy groups -OCH3 is 2. The second-order valence-corrected chi connectivity index (χ2v) is 9.44. The lowest BCUT2D eigenvalue weighted by molar-refractivity contribution is -0.277. The van der Waals surface area contributed by atoms with Gasteiger partial charge in [-0.05, 0) is 35.4 Å². The number of hydrogen-bond acceptors (Lipinski definition) is 11. The largest absolute Gasteiger partial charge is 0.493 e. The maximum absolute atomic E-state index is 10.8. The van der Waals surface area contributed by atoms with E-state index in [9.17, 15) is 25.5 Å². The van der Waals surface area contributed by atoms with Crippen molar-refractivity contribution in [2.24, 2.45) is 11.8 Å². The van der Waals surface area contributed by atoms with Gasteiger partial charge in [-0.3, -0.25) is 0 Å². The predicted molar refractivity (Wildman–Crippen MR) is 126 cm³/mol. The van der Waals surface area contributed by atoms with Crippen molar-refractivity contribution in [1.82, 2.24) is 0 Å². The molecule has 3 heterocycles. The van der Waals surface area contributed by atoms with Crippen LogP contribution in [0.5, 0.6) is 17.2 Å². The Morgan fingerprint density at radius 2 is 1.51 bits per heavy atom. The summed E-state index contributed by atoms with van der Waals surface area (Å²) in [6.45, 7) is -0.144. The number of hydrogen-bond donors (Lipinski definition) is 5. The molecule has 3 aliphatic heterocycles.